The van der Waals surface area contributed by atoms with Crippen molar-refractivity contribution in [1.29, 1.82) is 0 Å². The van der Waals surface area contributed by atoms with E-state index in [1.54, 1.807) is 7.11 Å². The Bertz CT molecular complexity index is 377. The van der Waals surface area contributed by atoms with E-state index in [9.17, 15) is 5.11 Å². The number of rotatable bonds is 7. The van der Waals surface area contributed by atoms with E-state index in [0.717, 1.165) is 24.3 Å². The summed E-state index contributed by atoms with van der Waals surface area (Å²) in [5.41, 5.74) is 0.944. The van der Waals surface area contributed by atoms with Gasteiger partial charge >= 0.3 is 0 Å². The van der Waals surface area contributed by atoms with Crippen molar-refractivity contribution in [3.05, 3.63) is 24.3 Å². The van der Waals surface area contributed by atoms with E-state index in [1.807, 2.05) is 24.3 Å². The number of nitrogens with one attached hydrogen (secondary N) is 1. The van der Waals surface area contributed by atoms with Gasteiger partial charge in [-0.15, -0.1) is 0 Å². The highest BCUT2D eigenvalue weighted by molar-refractivity contribution is 5.48. The molecule has 1 fully saturated rings. The molecule has 1 atom stereocenters. The maximum atomic E-state index is 9.88. The van der Waals surface area contributed by atoms with Crippen LogP contribution in [0, 0.1) is 0 Å². The van der Waals surface area contributed by atoms with Crippen molar-refractivity contribution in [3.63, 3.8) is 0 Å². The Kier molecular flexibility index (Phi) is 5.48. The van der Waals surface area contributed by atoms with Gasteiger partial charge in [0.1, 0.15) is 5.75 Å². The van der Waals surface area contributed by atoms with Gasteiger partial charge in [-0.05, 0) is 25.0 Å². The van der Waals surface area contributed by atoms with Gasteiger partial charge in [-0.1, -0.05) is 18.9 Å². The molecule has 1 aromatic carbocycles. The predicted octanol–water partition coefficient (Wildman–Crippen LogP) is 2.43. The highest BCUT2D eigenvalue weighted by atomic mass is 16.5. The molecular formula is C15H23NO3. The van der Waals surface area contributed by atoms with Gasteiger partial charge in [0.05, 0.1) is 25.9 Å². The van der Waals surface area contributed by atoms with Crippen molar-refractivity contribution in [2.45, 2.75) is 37.9 Å². The number of hydrogen-bond donors (Lipinski definition) is 2. The van der Waals surface area contributed by atoms with Crippen LogP contribution in [0.15, 0.2) is 24.3 Å². The molecule has 4 heteroatoms. The third kappa shape index (κ3) is 4.73. The molecule has 1 unspecified atom stereocenters. The molecule has 0 radical (unpaired) electrons. The molecule has 0 heterocycles. The molecule has 19 heavy (non-hydrogen) atoms. The average Bonchev–Trinajstić information content (AvgIpc) is 2.96. The maximum Gasteiger partial charge on any atom is 0.120 e. The summed E-state index contributed by atoms with van der Waals surface area (Å²) in [6.07, 6.45) is 4.65. The van der Waals surface area contributed by atoms with Crippen LogP contribution in [-0.4, -0.2) is 37.6 Å². The molecule has 2 N–H and O–H groups in total. The van der Waals surface area contributed by atoms with Crippen molar-refractivity contribution < 1.29 is 14.6 Å². The first kappa shape index (κ1) is 14.2. The highest BCUT2D eigenvalue weighted by Crippen LogP contribution is 2.21. The van der Waals surface area contributed by atoms with Crippen LogP contribution in [0.3, 0.4) is 0 Å². The number of ether oxygens (including phenoxy) is 2. The fourth-order valence-electron chi connectivity index (χ4n) is 2.33. The molecule has 4 nitrogen and oxygen atoms in total. The molecule has 1 aliphatic rings. The van der Waals surface area contributed by atoms with Crippen LogP contribution in [0.4, 0.5) is 5.69 Å². The Hall–Kier alpha value is -1.26. The van der Waals surface area contributed by atoms with Crippen molar-refractivity contribution in [2.24, 2.45) is 0 Å². The number of methoxy groups -OCH3 is 1. The molecule has 0 aliphatic heterocycles. The Morgan fingerprint density at radius 1 is 1.37 bits per heavy atom. The van der Waals surface area contributed by atoms with E-state index in [4.69, 9.17) is 9.47 Å². The molecule has 0 bridgehead atoms. The Morgan fingerprint density at radius 2 is 2.16 bits per heavy atom. The number of aliphatic hydroxyl groups is 1. The average molecular weight is 265 g/mol. The number of benzene rings is 1. The summed E-state index contributed by atoms with van der Waals surface area (Å²) < 4.78 is 10.8. The van der Waals surface area contributed by atoms with Crippen LogP contribution in [0.1, 0.15) is 25.7 Å². The first-order chi connectivity index (χ1) is 9.28. The molecule has 0 aromatic heterocycles. The lowest BCUT2D eigenvalue weighted by atomic mass is 10.2. The molecule has 1 aromatic rings. The van der Waals surface area contributed by atoms with E-state index in [-0.39, 0.29) is 0 Å². The highest BCUT2D eigenvalue weighted by Gasteiger charge is 2.16. The fourth-order valence-corrected chi connectivity index (χ4v) is 2.33. The van der Waals surface area contributed by atoms with E-state index in [0.29, 0.717) is 19.3 Å². The lowest BCUT2D eigenvalue weighted by Gasteiger charge is -2.16. The zero-order chi connectivity index (χ0) is 13.5. The summed E-state index contributed by atoms with van der Waals surface area (Å²) in [6, 6.07) is 7.67. The van der Waals surface area contributed by atoms with E-state index < -0.39 is 6.10 Å². The van der Waals surface area contributed by atoms with Gasteiger partial charge in [-0.2, -0.15) is 0 Å². The van der Waals surface area contributed by atoms with Crippen molar-refractivity contribution in [3.8, 4) is 5.75 Å². The second kappa shape index (κ2) is 7.36. The number of hydrogen-bond acceptors (Lipinski definition) is 4. The SMILES string of the molecule is COc1cccc(NCC(O)COC2CCCC2)c1. The van der Waals surface area contributed by atoms with Crippen molar-refractivity contribution in [2.75, 3.05) is 25.6 Å². The zero-order valence-electron chi connectivity index (χ0n) is 11.5. The quantitative estimate of drug-likeness (QED) is 0.795. The summed E-state index contributed by atoms with van der Waals surface area (Å²) in [4.78, 5) is 0. The first-order valence-corrected chi connectivity index (χ1v) is 6.95. The maximum absolute atomic E-state index is 9.88. The largest absolute Gasteiger partial charge is 0.497 e. The minimum Gasteiger partial charge on any atom is -0.497 e. The second-order valence-electron chi connectivity index (χ2n) is 5.01. The topological polar surface area (TPSA) is 50.7 Å². The molecule has 0 amide bonds. The standard InChI is InChI=1S/C15H23NO3/c1-18-15-8-4-5-12(9-15)16-10-13(17)11-19-14-6-2-3-7-14/h4-5,8-9,13-14,16-17H,2-3,6-7,10-11H2,1H3. The second-order valence-corrected chi connectivity index (χ2v) is 5.01. The molecule has 1 saturated carbocycles. The number of anilines is 1. The van der Waals surface area contributed by atoms with Crippen LogP contribution in [0.5, 0.6) is 5.75 Å². The monoisotopic (exact) mass is 265 g/mol. The summed E-state index contributed by atoms with van der Waals surface area (Å²) >= 11 is 0. The minimum absolute atomic E-state index is 0.353. The fraction of sp³-hybridized carbons (Fsp3) is 0.600. The van der Waals surface area contributed by atoms with Gasteiger partial charge in [0.15, 0.2) is 0 Å². The van der Waals surface area contributed by atoms with Crippen LogP contribution >= 0.6 is 0 Å². The summed E-state index contributed by atoms with van der Waals surface area (Å²) in [7, 11) is 1.64. The van der Waals surface area contributed by atoms with Crippen molar-refractivity contribution in [1.82, 2.24) is 0 Å². The van der Waals surface area contributed by atoms with Crippen LogP contribution in [0.2, 0.25) is 0 Å². The smallest absolute Gasteiger partial charge is 0.120 e. The van der Waals surface area contributed by atoms with Gasteiger partial charge in [-0.3, -0.25) is 0 Å². The summed E-state index contributed by atoms with van der Waals surface area (Å²) in [5, 5.41) is 13.1. The van der Waals surface area contributed by atoms with E-state index in [1.165, 1.54) is 12.8 Å². The van der Waals surface area contributed by atoms with Crippen LogP contribution < -0.4 is 10.1 Å². The minimum atomic E-state index is -0.480. The molecule has 2 rings (SSSR count). The van der Waals surface area contributed by atoms with Gasteiger partial charge in [-0.25, -0.2) is 0 Å². The summed E-state index contributed by atoms with van der Waals surface area (Å²) in [5.74, 6) is 0.807. The Morgan fingerprint density at radius 3 is 2.89 bits per heavy atom. The normalized spacial score (nSPS) is 17.4. The van der Waals surface area contributed by atoms with Gasteiger partial charge in [0, 0.05) is 18.3 Å². The molecule has 0 spiro atoms. The van der Waals surface area contributed by atoms with E-state index in [2.05, 4.69) is 5.32 Å². The Balaban J connectivity index is 1.68. The lowest BCUT2D eigenvalue weighted by molar-refractivity contribution is -0.00117. The lowest BCUT2D eigenvalue weighted by Crippen LogP contribution is -2.27. The van der Waals surface area contributed by atoms with E-state index >= 15 is 0 Å². The summed E-state index contributed by atoms with van der Waals surface area (Å²) in [6.45, 7) is 0.890. The molecule has 0 saturated heterocycles. The van der Waals surface area contributed by atoms with Crippen LogP contribution in [-0.2, 0) is 4.74 Å². The van der Waals surface area contributed by atoms with Gasteiger partial charge in [0.25, 0.3) is 0 Å². The predicted molar refractivity (Wildman–Crippen MR) is 75.7 cm³/mol. The first-order valence-electron chi connectivity index (χ1n) is 6.95. The zero-order valence-corrected chi connectivity index (χ0v) is 11.5. The third-order valence-corrected chi connectivity index (χ3v) is 3.44. The third-order valence-electron chi connectivity index (χ3n) is 3.44. The van der Waals surface area contributed by atoms with Crippen molar-refractivity contribution >= 4 is 5.69 Å². The van der Waals surface area contributed by atoms with Crippen LogP contribution in [0.25, 0.3) is 0 Å². The molecule has 1 aliphatic carbocycles. The Labute approximate surface area is 114 Å². The molecule has 106 valence electrons. The molecular weight excluding hydrogens is 242 g/mol. The van der Waals surface area contributed by atoms with Gasteiger partial charge in [0.2, 0.25) is 0 Å². The number of aliphatic hydroxyl groups excluding tert-OH is 1. The van der Waals surface area contributed by atoms with Gasteiger partial charge < -0.3 is 19.9 Å².